The van der Waals surface area contributed by atoms with E-state index < -0.39 is 0 Å². The van der Waals surface area contributed by atoms with Gasteiger partial charge < -0.3 is 10.3 Å². The van der Waals surface area contributed by atoms with Crippen molar-refractivity contribution in [2.45, 2.75) is 45.2 Å². The minimum absolute atomic E-state index is 0.0605. The summed E-state index contributed by atoms with van der Waals surface area (Å²) in [7, 11) is 0. The zero-order valence-electron chi connectivity index (χ0n) is 8.33. The molecule has 3 heteroatoms. The van der Waals surface area contributed by atoms with E-state index in [1.165, 1.54) is 18.7 Å². The third-order valence-electron chi connectivity index (χ3n) is 2.77. The Hall–Kier alpha value is -0.830. The van der Waals surface area contributed by atoms with E-state index in [0.29, 0.717) is 5.92 Å². The number of aromatic nitrogens is 2. The van der Waals surface area contributed by atoms with E-state index in [0.717, 1.165) is 12.2 Å². The lowest BCUT2D eigenvalue weighted by molar-refractivity contribution is 0.463. The molecule has 72 valence electrons. The van der Waals surface area contributed by atoms with Crippen LogP contribution in [0.25, 0.3) is 0 Å². The van der Waals surface area contributed by atoms with Crippen LogP contribution in [0.2, 0.25) is 0 Å². The minimum Gasteiger partial charge on any atom is -0.334 e. The molecule has 0 saturated carbocycles. The second kappa shape index (κ2) is 3.14. The number of fused-ring (bicyclic) bond motifs is 1. The molecule has 3 nitrogen and oxygen atoms in total. The molecule has 2 N–H and O–H groups in total. The minimum atomic E-state index is 0.0605. The summed E-state index contributed by atoms with van der Waals surface area (Å²) < 4.78 is 2.26. The van der Waals surface area contributed by atoms with Crippen LogP contribution in [0.1, 0.15) is 50.2 Å². The molecule has 2 atom stereocenters. The first-order valence-electron chi connectivity index (χ1n) is 5.01. The maximum atomic E-state index is 5.80. The number of hydrogen-bond donors (Lipinski definition) is 1. The topological polar surface area (TPSA) is 43.8 Å². The van der Waals surface area contributed by atoms with Crippen LogP contribution in [0.5, 0.6) is 0 Å². The first kappa shape index (κ1) is 8.75. The third kappa shape index (κ3) is 1.48. The van der Waals surface area contributed by atoms with E-state index in [-0.39, 0.29) is 6.04 Å². The molecule has 13 heavy (non-hydrogen) atoms. The van der Waals surface area contributed by atoms with Crippen molar-refractivity contribution in [2.75, 3.05) is 0 Å². The summed E-state index contributed by atoms with van der Waals surface area (Å²) in [6, 6.07) is 0.0605. The molecular formula is C10H17N3. The summed E-state index contributed by atoms with van der Waals surface area (Å²) in [4.78, 5) is 4.57. The summed E-state index contributed by atoms with van der Waals surface area (Å²) in [5.74, 6) is 1.82. The first-order chi connectivity index (χ1) is 6.18. The van der Waals surface area contributed by atoms with Gasteiger partial charge in [-0.25, -0.2) is 4.98 Å². The standard InChI is InChI=1S/C10H17N3/c1-7-4-3-5-13-6-9(8(2)11)12-10(7)13/h6-8H,3-5,11H2,1-2H3. The van der Waals surface area contributed by atoms with Crippen molar-refractivity contribution >= 4 is 0 Å². The first-order valence-corrected chi connectivity index (χ1v) is 5.01. The quantitative estimate of drug-likeness (QED) is 0.714. The fourth-order valence-corrected chi connectivity index (χ4v) is 1.94. The summed E-state index contributed by atoms with van der Waals surface area (Å²) in [5.41, 5.74) is 6.83. The van der Waals surface area contributed by atoms with E-state index in [2.05, 4.69) is 22.7 Å². The fraction of sp³-hybridized carbons (Fsp3) is 0.700. The summed E-state index contributed by atoms with van der Waals surface area (Å²) in [5, 5.41) is 0. The number of nitrogens with two attached hydrogens (primary N) is 1. The highest BCUT2D eigenvalue weighted by molar-refractivity contribution is 5.12. The van der Waals surface area contributed by atoms with Crippen LogP contribution >= 0.6 is 0 Å². The number of aryl methyl sites for hydroxylation is 1. The molecule has 2 unspecified atom stereocenters. The van der Waals surface area contributed by atoms with Crippen LogP contribution < -0.4 is 5.73 Å². The largest absolute Gasteiger partial charge is 0.334 e. The number of imidazole rings is 1. The molecule has 1 aromatic rings. The molecule has 0 radical (unpaired) electrons. The van der Waals surface area contributed by atoms with Crippen LogP contribution in [-0.4, -0.2) is 9.55 Å². The molecule has 2 rings (SSSR count). The summed E-state index contributed by atoms with van der Waals surface area (Å²) in [6.45, 7) is 5.33. The highest BCUT2D eigenvalue weighted by Gasteiger charge is 2.19. The van der Waals surface area contributed by atoms with Gasteiger partial charge in [-0.05, 0) is 19.8 Å². The van der Waals surface area contributed by atoms with Crippen molar-refractivity contribution in [1.82, 2.24) is 9.55 Å². The number of nitrogens with zero attached hydrogens (tertiary/aromatic N) is 2. The second-order valence-corrected chi connectivity index (χ2v) is 4.05. The normalized spacial score (nSPS) is 24.1. The van der Waals surface area contributed by atoms with E-state index in [9.17, 15) is 0 Å². The fourth-order valence-electron chi connectivity index (χ4n) is 1.94. The van der Waals surface area contributed by atoms with Crippen LogP contribution in [0.15, 0.2) is 6.20 Å². The van der Waals surface area contributed by atoms with E-state index >= 15 is 0 Å². The van der Waals surface area contributed by atoms with Crippen molar-refractivity contribution < 1.29 is 0 Å². The zero-order valence-corrected chi connectivity index (χ0v) is 8.33. The van der Waals surface area contributed by atoms with Crippen molar-refractivity contribution in [2.24, 2.45) is 5.73 Å². The Morgan fingerprint density at radius 2 is 2.46 bits per heavy atom. The molecule has 1 aliphatic rings. The molecule has 2 heterocycles. The summed E-state index contributed by atoms with van der Waals surface area (Å²) in [6.07, 6.45) is 4.63. The van der Waals surface area contributed by atoms with Gasteiger partial charge in [0.1, 0.15) is 5.82 Å². The van der Waals surface area contributed by atoms with Gasteiger partial charge in [0.25, 0.3) is 0 Å². The lowest BCUT2D eigenvalue weighted by Gasteiger charge is -2.19. The lowest BCUT2D eigenvalue weighted by Crippen LogP contribution is -2.13. The Labute approximate surface area is 79.0 Å². The molecule has 0 amide bonds. The van der Waals surface area contributed by atoms with Gasteiger partial charge >= 0.3 is 0 Å². The molecule has 0 bridgehead atoms. The molecule has 0 fully saturated rings. The Bertz CT molecular complexity index is 301. The summed E-state index contributed by atoms with van der Waals surface area (Å²) >= 11 is 0. The zero-order chi connectivity index (χ0) is 9.42. The van der Waals surface area contributed by atoms with Gasteiger partial charge in [0.05, 0.1) is 5.69 Å². The Balaban J connectivity index is 2.36. The van der Waals surface area contributed by atoms with Gasteiger partial charge in [-0.2, -0.15) is 0 Å². The second-order valence-electron chi connectivity index (χ2n) is 4.05. The third-order valence-corrected chi connectivity index (χ3v) is 2.77. The highest BCUT2D eigenvalue weighted by Crippen LogP contribution is 2.26. The monoisotopic (exact) mass is 179 g/mol. The molecular weight excluding hydrogens is 162 g/mol. The van der Waals surface area contributed by atoms with Gasteiger partial charge in [-0.15, -0.1) is 0 Å². The number of hydrogen-bond acceptors (Lipinski definition) is 2. The molecule has 1 aromatic heterocycles. The van der Waals surface area contributed by atoms with Crippen molar-refractivity contribution in [3.63, 3.8) is 0 Å². The van der Waals surface area contributed by atoms with Gasteiger partial charge in [-0.3, -0.25) is 0 Å². The van der Waals surface area contributed by atoms with Crippen LogP contribution in [0, 0.1) is 0 Å². The van der Waals surface area contributed by atoms with Gasteiger partial charge in [0, 0.05) is 24.7 Å². The predicted molar refractivity (Wildman–Crippen MR) is 52.5 cm³/mol. The van der Waals surface area contributed by atoms with Crippen molar-refractivity contribution in [1.29, 1.82) is 0 Å². The predicted octanol–water partition coefficient (Wildman–Crippen LogP) is 1.80. The smallest absolute Gasteiger partial charge is 0.111 e. The molecule has 0 aromatic carbocycles. The van der Waals surface area contributed by atoms with Crippen LogP contribution in [-0.2, 0) is 6.54 Å². The molecule has 0 spiro atoms. The average Bonchev–Trinajstić information content (AvgIpc) is 2.49. The molecule has 0 aliphatic carbocycles. The van der Waals surface area contributed by atoms with E-state index in [4.69, 9.17) is 5.73 Å². The SMILES string of the molecule is CC(N)c1cn2c(n1)C(C)CCC2. The Morgan fingerprint density at radius 3 is 3.08 bits per heavy atom. The van der Waals surface area contributed by atoms with Gasteiger partial charge in [-0.1, -0.05) is 6.92 Å². The Morgan fingerprint density at radius 1 is 1.69 bits per heavy atom. The molecule has 1 aliphatic heterocycles. The van der Waals surface area contributed by atoms with Gasteiger partial charge in [0.15, 0.2) is 0 Å². The highest BCUT2D eigenvalue weighted by atomic mass is 15.1. The lowest BCUT2D eigenvalue weighted by atomic mass is 10.0. The number of rotatable bonds is 1. The Kier molecular flexibility index (Phi) is 2.12. The maximum absolute atomic E-state index is 5.80. The van der Waals surface area contributed by atoms with E-state index in [1.807, 2.05) is 6.92 Å². The van der Waals surface area contributed by atoms with E-state index in [1.54, 1.807) is 0 Å². The maximum Gasteiger partial charge on any atom is 0.111 e. The van der Waals surface area contributed by atoms with Crippen molar-refractivity contribution in [3.05, 3.63) is 17.7 Å². The average molecular weight is 179 g/mol. The van der Waals surface area contributed by atoms with Gasteiger partial charge in [0.2, 0.25) is 0 Å². The van der Waals surface area contributed by atoms with Crippen LogP contribution in [0.3, 0.4) is 0 Å². The van der Waals surface area contributed by atoms with Crippen molar-refractivity contribution in [3.8, 4) is 0 Å². The van der Waals surface area contributed by atoms with Crippen LogP contribution in [0.4, 0.5) is 0 Å². The molecule has 0 saturated heterocycles.